The summed E-state index contributed by atoms with van der Waals surface area (Å²) in [6.45, 7) is 7.85. The Kier molecular flexibility index (Phi) is 6.73. The van der Waals surface area contributed by atoms with E-state index >= 15 is 0 Å². The van der Waals surface area contributed by atoms with E-state index in [1.165, 1.54) is 9.75 Å². The molecule has 1 rings (SSSR count). The molecule has 0 aliphatic rings. The topological polar surface area (TPSA) is 41.5 Å². The van der Waals surface area contributed by atoms with Gasteiger partial charge in [-0.1, -0.05) is 0 Å². The lowest BCUT2D eigenvalue weighted by Gasteiger charge is -2.16. The number of aliphatic hydroxyl groups is 1. The fourth-order valence-corrected chi connectivity index (χ4v) is 2.64. The largest absolute Gasteiger partial charge is 0.389 e. The van der Waals surface area contributed by atoms with E-state index in [1.807, 2.05) is 18.3 Å². The number of hydrogen-bond acceptors (Lipinski definition) is 4. The molecule has 17 heavy (non-hydrogen) atoms. The molecular weight excluding hydrogens is 234 g/mol. The average Bonchev–Trinajstić information content (AvgIpc) is 2.69. The molecule has 0 aliphatic carbocycles. The molecule has 0 aromatic carbocycles. The summed E-state index contributed by atoms with van der Waals surface area (Å²) < 4.78 is 5.16. The maximum absolute atomic E-state index is 9.61. The fraction of sp³-hybridized carbons (Fsp3) is 0.692. The first-order valence-corrected chi connectivity index (χ1v) is 6.98. The molecule has 0 radical (unpaired) electrons. The van der Waals surface area contributed by atoms with Gasteiger partial charge >= 0.3 is 0 Å². The van der Waals surface area contributed by atoms with Gasteiger partial charge in [0.15, 0.2) is 0 Å². The van der Waals surface area contributed by atoms with Crippen LogP contribution in [-0.4, -0.2) is 37.0 Å². The van der Waals surface area contributed by atoms with Gasteiger partial charge in [-0.25, -0.2) is 0 Å². The van der Waals surface area contributed by atoms with Crippen molar-refractivity contribution in [1.29, 1.82) is 0 Å². The van der Waals surface area contributed by atoms with Crippen molar-refractivity contribution in [1.82, 2.24) is 5.32 Å². The van der Waals surface area contributed by atoms with Crippen LogP contribution >= 0.6 is 11.3 Å². The molecular formula is C13H23NO2S. The van der Waals surface area contributed by atoms with Crippen LogP contribution < -0.4 is 5.32 Å². The number of nitrogens with one attached hydrogen (secondary N) is 1. The molecule has 0 fully saturated rings. The minimum Gasteiger partial charge on any atom is -0.389 e. The first-order chi connectivity index (χ1) is 8.11. The molecule has 1 heterocycles. The zero-order chi connectivity index (χ0) is 12.7. The van der Waals surface area contributed by atoms with Crippen molar-refractivity contribution in [3.63, 3.8) is 0 Å². The molecule has 4 heteroatoms. The summed E-state index contributed by atoms with van der Waals surface area (Å²) in [5.41, 5.74) is 0. The summed E-state index contributed by atoms with van der Waals surface area (Å²) in [6, 6.07) is 4.70. The molecule has 0 bridgehead atoms. The SMILES string of the molecule is CCOCC(O)CNC(C)Cc1ccc(C)s1. The van der Waals surface area contributed by atoms with Crippen molar-refractivity contribution in [2.45, 2.75) is 39.3 Å². The number of thiophene rings is 1. The minimum absolute atomic E-state index is 0.379. The number of ether oxygens (including phenoxy) is 1. The van der Waals surface area contributed by atoms with Gasteiger partial charge in [-0.05, 0) is 39.3 Å². The standard InChI is InChI=1S/C13H23NO2S/c1-4-16-9-12(15)8-14-10(2)7-13-6-5-11(3)17-13/h5-6,10,12,14-15H,4,7-9H2,1-3H3. The molecule has 1 aromatic rings. The van der Waals surface area contributed by atoms with Gasteiger partial charge < -0.3 is 15.2 Å². The van der Waals surface area contributed by atoms with E-state index in [0.717, 1.165) is 6.42 Å². The van der Waals surface area contributed by atoms with Crippen LogP contribution in [0.5, 0.6) is 0 Å². The molecule has 2 atom stereocenters. The quantitative estimate of drug-likeness (QED) is 0.748. The average molecular weight is 257 g/mol. The summed E-state index contributed by atoms with van der Waals surface area (Å²) in [7, 11) is 0. The van der Waals surface area contributed by atoms with Gasteiger partial charge in [0.2, 0.25) is 0 Å². The summed E-state index contributed by atoms with van der Waals surface area (Å²) in [5, 5.41) is 12.9. The van der Waals surface area contributed by atoms with Crippen LogP contribution in [-0.2, 0) is 11.2 Å². The van der Waals surface area contributed by atoms with E-state index in [0.29, 0.717) is 25.8 Å². The Morgan fingerprint density at radius 3 is 2.82 bits per heavy atom. The Hall–Kier alpha value is -0.420. The van der Waals surface area contributed by atoms with Crippen LogP contribution in [0.4, 0.5) is 0 Å². The van der Waals surface area contributed by atoms with Gasteiger partial charge in [0.05, 0.1) is 12.7 Å². The van der Waals surface area contributed by atoms with Gasteiger partial charge in [0.25, 0.3) is 0 Å². The third kappa shape index (κ3) is 6.17. The second-order valence-corrected chi connectivity index (χ2v) is 5.71. The molecule has 1 aromatic heterocycles. The van der Waals surface area contributed by atoms with Crippen LogP contribution in [0.25, 0.3) is 0 Å². The Morgan fingerprint density at radius 1 is 1.47 bits per heavy atom. The molecule has 0 amide bonds. The zero-order valence-electron chi connectivity index (χ0n) is 10.9. The third-order valence-electron chi connectivity index (χ3n) is 2.52. The van der Waals surface area contributed by atoms with Crippen LogP contribution in [0.15, 0.2) is 12.1 Å². The number of rotatable bonds is 8. The molecule has 2 unspecified atom stereocenters. The lowest BCUT2D eigenvalue weighted by Crippen LogP contribution is -2.36. The number of aliphatic hydroxyl groups excluding tert-OH is 1. The molecule has 2 N–H and O–H groups in total. The number of hydrogen-bond donors (Lipinski definition) is 2. The Balaban J connectivity index is 2.18. The monoisotopic (exact) mass is 257 g/mol. The van der Waals surface area contributed by atoms with Crippen molar-refractivity contribution in [3.8, 4) is 0 Å². The van der Waals surface area contributed by atoms with E-state index in [-0.39, 0.29) is 0 Å². The van der Waals surface area contributed by atoms with Gasteiger partial charge in [0, 0.05) is 28.9 Å². The van der Waals surface area contributed by atoms with Gasteiger partial charge in [-0.15, -0.1) is 11.3 Å². The predicted octanol–water partition coefficient (Wildman–Crippen LogP) is 1.97. The van der Waals surface area contributed by atoms with Gasteiger partial charge in [-0.2, -0.15) is 0 Å². The highest BCUT2D eigenvalue weighted by Gasteiger charge is 2.08. The summed E-state index contributed by atoms with van der Waals surface area (Å²) >= 11 is 1.84. The van der Waals surface area contributed by atoms with Gasteiger partial charge in [0.1, 0.15) is 0 Å². The maximum Gasteiger partial charge on any atom is 0.0897 e. The Labute approximate surface area is 108 Å². The lowest BCUT2D eigenvalue weighted by molar-refractivity contribution is 0.0417. The summed E-state index contributed by atoms with van der Waals surface area (Å²) in [4.78, 5) is 2.74. The second kappa shape index (κ2) is 7.82. The van der Waals surface area contributed by atoms with E-state index in [1.54, 1.807) is 0 Å². The highest BCUT2D eigenvalue weighted by Crippen LogP contribution is 2.16. The van der Waals surface area contributed by atoms with Crippen molar-refractivity contribution >= 4 is 11.3 Å². The summed E-state index contributed by atoms with van der Waals surface area (Å²) in [6.07, 6.45) is 0.599. The van der Waals surface area contributed by atoms with Gasteiger partial charge in [-0.3, -0.25) is 0 Å². The van der Waals surface area contributed by atoms with Crippen molar-refractivity contribution < 1.29 is 9.84 Å². The molecule has 3 nitrogen and oxygen atoms in total. The van der Waals surface area contributed by atoms with Crippen molar-refractivity contribution in [2.75, 3.05) is 19.8 Å². The molecule has 0 aliphatic heterocycles. The van der Waals surface area contributed by atoms with Crippen LogP contribution in [0, 0.1) is 6.92 Å². The first-order valence-electron chi connectivity index (χ1n) is 6.16. The lowest BCUT2D eigenvalue weighted by atomic mass is 10.2. The third-order valence-corrected chi connectivity index (χ3v) is 3.54. The highest BCUT2D eigenvalue weighted by atomic mass is 32.1. The highest BCUT2D eigenvalue weighted by molar-refractivity contribution is 7.11. The molecule has 98 valence electrons. The van der Waals surface area contributed by atoms with E-state index in [2.05, 4.69) is 31.3 Å². The number of aryl methyl sites for hydroxylation is 1. The van der Waals surface area contributed by atoms with Crippen molar-refractivity contribution in [2.24, 2.45) is 0 Å². The van der Waals surface area contributed by atoms with Crippen LogP contribution in [0.2, 0.25) is 0 Å². The molecule has 0 saturated carbocycles. The summed E-state index contributed by atoms with van der Waals surface area (Å²) in [5.74, 6) is 0. The maximum atomic E-state index is 9.61. The second-order valence-electron chi connectivity index (χ2n) is 4.34. The smallest absolute Gasteiger partial charge is 0.0897 e. The minimum atomic E-state index is -0.414. The zero-order valence-corrected chi connectivity index (χ0v) is 11.7. The Morgan fingerprint density at radius 2 is 2.24 bits per heavy atom. The van der Waals surface area contributed by atoms with E-state index in [4.69, 9.17) is 4.74 Å². The van der Waals surface area contributed by atoms with Crippen LogP contribution in [0.1, 0.15) is 23.6 Å². The van der Waals surface area contributed by atoms with Crippen molar-refractivity contribution in [3.05, 3.63) is 21.9 Å². The fourth-order valence-electron chi connectivity index (χ4n) is 1.62. The Bertz CT molecular complexity index is 314. The molecule has 0 spiro atoms. The predicted molar refractivity (Wildman–Crippen MR) is 72.7 cm³/mol. The molecule has 0 saturated heterocycles. The van der Waals surface area contributed by atoms with Crippen LogP contribution in [0.3, 0.4) is 0 Å². The normalized spacial score (nSPS) is 14.8. The first kappa shape index (κ1) is 14.6. The van der Waals surface area contributed by atoms with E-state index < -0.39 is 6.10 Å². The van der Waals surface area contributed by atoms with E-state index in [9.17, 15) is 5.11 Å².